The maximum Gasteiger partial charge on any atom is 0.269 e. The summed E-state index contributed by atoms with van der Waals surface area (Å²) in [6, 6.07) is 4.26. The van der Waals surface area contributed by atoms with Crippen LogP contribution in [0.3, 0.4) is 0 Å². The van der Waals surface area contributed by atoms with Crippen LogP contribution in [-0.4, -0.2) is 24.0 Å². The van der Waals surface area contributed by atoms with Crippen LogP contribution >= 0.6 is 0 Å². The molecule has 0 atom stereocenters. The Kier molecular flexibility index (Phi) is 2.85. The molecule has 0 aliphatic heterocycles. The van der Waals surface area contributed by atoms with Crippen molar-refractivity contribution < 1.29 is 4.79 Å². The van der Waals surface area contributed by atoms with Crippen molar-refractivity contribution in [3.8, 4) is 0 Å². The third-order valence-corrected chi connectivity index (χ3v) is 2.70. The smallest absolute Gasteiger partial charge is 0.269 e. The molecule has 4 nitrogen and oxygen atoms in total. The lowest BCUT2D eigenvalue weighted by molar-refractivity contribution is 0.0958. The van der Waals surface area contributed by atoms with Gasteiger partial charge in [0.05, 0.1) is 0 Å². The van der Waals surface area contributed by atoms with Crippen LogP contribution in [0.25, 0.3) is 0 Å². The van der Waals surface area contributed by atoms with Crippen LogP contribution < -0.4 is 10.6 Å². The quantitative estimate of drug-likeness (QED) is 0.784. The molecule has 0 saturated heterocycles. The van der Waals surface area contributed by atoms with E-state index in [1.165, 1.54) is 19.3 Å². The minimum Gasteiger partial charge on any atom is -0.382 e. The number of hydrogen-bond acceptors (Lipinski definition) is 3. The maximum absolute atomic E-state index is 11.3. The molecule has 0 unspecified atom stereocenters. The first kappa shape index (κ1) is 9.96. The zero-order valence-corrected chi connectivity index (χ0v) is 8.79. The SMILES string of the molecule is CNC(=O)c1cc(NC2CCC2)ccn1. The van der Waals surface area contributed by atoms with Crippen LogP contribution in [0.5, 0.6) is 0 Å². The number of carbonyl (C=O) groups is 1. The van der Waals surface area contributed by atoms with Crippen molar-refractivity contribution in [2.75, 3.05) is 12.4 Å². The Morgan fingerprint density at radius 3 is 2.93 bits per heavy atom. The number of anilines is 1. The topological polar surface area (TPSA) is 54.0 Å². The van der Waals surface area contributed by atoms with Gasteiger partial charge in [0.1, 0.15) is 5.69 Å². The average Bonchev–Trinajstić information content (AvgIpc) is 2.23. The fraction of sp³-hybridized carbons (Fsp3) is 0.455. The molecule has 4 heteroatoms. The molecule has 2 rings (SSSR count). The number of aromatic nitrogens is 1. The second kappa shape index (κ2) is 4.29. The summed E-state index contributed by atoms with van der Waals surface area (Å²) in [5.41, 5.74) is 1.44. The number of hydrogen-bond donors (Lipinski definition) is 2. The number of amides is 1. The molecule has 1 aromatic heterocycles. The van der Waals surface area contributed by atoms with E-state index in [-0.39, 0.29) is 5.91 Å². The summed E-state index contributed by atoms with van der Waals surface area (Å²) in [6.07, 6.45) is 5.39. The van der Waals surface area contributed by atoms with E-state index < -0.39 is 0 Å². The van der Waals surface area contributed by atoms with Gasteiger partial charge < -0.3 is 10.6 Å². The highest BCUT2D eigenvalue weighted by molar-refractivity contribution is 5.92. The van der Waals surface area contributed by atoms with Gasteiger partial charge >= 0.3 is 0 Å². The maximum atomic E-state index is 11.3. The molecule has 1 fully saturated rings. The van der Waals surface area contributed by atoms with Gasteiger partial charge in [0.25, 0.3) is 5.91 Å². The zero-order chi connectivity index (χ0) is 10.7. The molecule has 0 aromatic carbocycles. The van der Waals surface area contributed by atoms with E-state index in [1.54, 1.807) is 19.3 Å². The van der Waals surface area contributed by atoms with Gasteiger partial charge in [0.2, 0.25) is 0 Å². The molecule has 0 spiro atoms. The molecule has 1 amide bonds. The Morgan fingerprint density at radius 1 is 1.53 bits per heavy atom. The van der Waals surface area contributed by atoms with Crippen LogP contribution in [0.2, 0.25) is 0 Å². The van der Waals surface area contributed by atoms with Crippen molar-refractivity contribution in [3.05, 3.63) is 24.0 Å². The fourth-order valence-electron chi connectivity index (χ4n) is 1.56. The normalized spacial score (nSPS) is 15.5. The van der Waals surface area contributed by atoms with Crippen molar-refractivity contribution in [2.45, 2.75) is 25.3 Å². The van der Waals surface area contributed by atoms with E-state index in [9.17, 15) is 4.79 Å². The third-order valence-electron chi connectivity index (χ3n) is 2.70. The van der Waals surface area contributed by atoms with E-state index in [2.05, 4.69) is 15.6 Å². The van der Waals surface area contributed by atoms with Crippen LogP contribution in [0.1, 0.15) is 29.8 Å². The summed E-state index contributed by atoms with van der Waals surface area (Å²) in [6.45, 7) is 0. The predicted octanol–water partition coefficient (Wildman–Crippen LogP) is 1.41. The molecule has 1 heterocycles. The summed E-state index contributed by atoms with van der Waals surface area (Å²) >= 11 is 0. The summed E-state index contributed by atoms with van der Waals surface area (Å²) in [5, 5.41) is 5.94. The summed E-state index contributed by atoms with van der Waals surface area (Å²) in [7, 11) is 1.61. The van der Waals surface area contributed by atoms with Crippen molar-refractivity contribution in [2.24, 2.45) is 0 Å². The van der Waals surface area contributed by atoms with Gasteiger partial charge in [0.15, 0.2) is 0 Å². The molecule has 80 valence electrons. The van der Waals surface area contributed by atoms with E-state index in [1.807, 2.05) is 6.07 Å². The minimum absolute atomic E-state index is 0.146. The Balaban J connectivity index is 2.07. The molecule has 1 aliphatic rings. The van der Waals surface area contributed by atoms with Gasteiger partial charge in [-0.2, -0.15) is 0 Å². The van der Waals surface area contributed by atoms with Crippen molar-refractivity contribution in [1.82, 2.24) is 10.3 Å². The second-order valence-electron chi connectivity index (χ2n) is 3.78. The lowest BCUT2D eigenvalue weighted by atomic mass is 9.93. The Labute approximate surface area is 89.1 Å². The third kappa shape index (κ3) is 2.26. The van der Waals surface area contributed by atoms with Gasteiger partial charge in [-0.05, 0) is 31.4 Å². The molecule has 2 N–H and O–H groups in total. The molecule has 1 aromatic rings. The van der Waals surface area contributed by atoms with Crippen LogP contribution in [-0.2, 0) is 0 Å². The molecule has 1 aliphatic carbocycles. The van der Waals surface area contributed by atoms with Gasteiger partial charge in [-0.3, -0.25) is 9.78 Å². The monoisotopic (exact) mass is 205 g/mol. The van der Waals surface area contributed by atoms with Crippen molar-refractivity contribution >= 4 is 11.6 Å². The molecule has 0 radical (unpaired) electrons. The number of carbonyl (C=O) groups excluding carboxylic acids is 1. The Bertz CT molecular complexity index is 361. The Morgan fingerprint density at radius 2 is 2.33 bits per heavy atom. The lowest BCUT2D eigenvalue weighted by Gasteiger charge is -2.27. The van der Waals surface area contributed by atoms with Gasteiger partial charge in [0, 0.05) is 25.0 Å². The van der Waals surface area contributed by atoms with E-state index in [4.69, 9.17) is 0 Å². The summed E-state index contributed by atoms with van der Waals surface area (Å²) in [5.74, 6) is -0.146. The van der Waals surface area contributed by atoms with Gasteiger partial charge in [-0.25, -0.2) is 0 Å². The van der Waals surface area contributed by atoms with E-state index in [0.29, 0.717) is 11.7 Å². The van der Waals surface area contributed by atoms with Gasteiger partial charge in [-0.15, -0.1) is 0 Å². The average molecular weight is 205 g/mol. The molecular formula is C11H15N3O. The number of pyridine rings is 1. The molecule has 15 heavy (non-hydrogen) atoms. The van der Waals surface area contributed by atoms with E-state index >= 15 is 0 Å². The zero-order valence-electron chi connectivity index (χ0n) is 8.79. The molecule has 1 saturated carbocycles. The van der Waals surface area contributed by atoms with E-state index in [0.717, 1.165) is 5.69 Å². The second-order valence-corrected chi connectivity index (χ2v) is 3.78. The van der Waals surface area contributed by atoms with Crippen LogP contribution in [0.15, 0.2) is 18.3 Å². The first-order chi connectivity index (χ1) is 7.29. The highest BCUT2D eigenvalue weighted by Gasteiger charge is 2.17. The first-order valence-electron chi connectivity index (χ1n) is 5.24. The molecule has 0 bridgehead atoms. The lowest BCUT2D eigenvalue weighted by Crippen LogP contribution is -2.27. The summed E-state index contributed by atoms with van der Waals surface area (Å²) in [4.78, 5) is 15.3. The van der Waals surface area contributed by atoms with Crippen LogP contribution in [0, 0.1) is 0 Å². The number of rotatable bonds is 3. The van der Waals surface area contributed by atoms with Gasteiger partial charge in [-0.1, -0.05) is 0 Å². The minimum atomic E-state index is -0.146. The van der Waals surface area contributed by atoms with Crippen molar-refractivity contribution in [1.29, 1.82) is 0 Å². The largest absolute Gasteiger partial charge is 0.382 e. The van der Waals surface area contributed by atoms with Crippen LogP contribution in [0.4, 0.5) is 5.69 Å². The standard InChI is InChI=1S/C11H15N3O/c1-12-11(15)10-7-9(5-6-13-10)14-8-3-2-4-8/h5-8H,2-4H2,1H3,(H,12,15)(H,13,14). The predicted molar refractivity (Wildman–Crippen MR) is 58.9 cm³/mol. The Hall–Kier alpha value is -1.58. The highest BCUT2D eigenvalue weighted by Crippen LogP contribution is 2.23. The highest BCUT2D eigenvalue weighted by atomic mass is 16.1. The number of nitrogens with one attached hydrogen (secondary N) is 2. The number of nitrogens with zero attached hydrogens (tertiary/aromatic N) is 1. The summed E-state index contributed by atoms with van der Waals surface area (Å²) < 4.78 is 0. The van der Waals surface area contributed by atoms with Crippen molar-refractivity contribution in [3.63, 3.8) is 0 Å². The fourth-order valence-corrected chi connectivity index (χ4v) is 1.56. The first-order valence-corrected chi connectivity index (χ1v) is 5.24. The molecular weight excluding hydrogens is 190 g/mol.